The van der Waals surface area contributed by atoms with Crippen LogP contribution in [0.4, 0.5) is 0 Å². The predicted octanol–water partition coefficient (Wildman–Crippen LogP) is 2.92. The zero-order valence-corrected chi connectivity index (χ0v) is 11.1. The summed E-state index contributed by atoms with van der Waals surface area (Å²) in [5, 5.41) is 12.9. The molecule has 4 heteroatoms. The van der Waals surface area contributed by atoms with Crippen molar-refractivity contribution in [2.75, 3.05) is 18.9 Å². The Morgan fingerprint density at radius 2 is 2.25 bits per heavy atom. The molecule has 0 spiro atoms. The molecule has 2 N–H and O–H groups in total. The van der Waals surface area contributed by atoms with Crippen molar-refractivity contribution in [2.24, 2.45) is 0 Å². The minimum atomic E-state index is 0.246. The second-order valence-electron chi connectivity index (χ2n) is 3.42. The molecule has 1 rings (SSSR count). The molecule has 1 aromatic carbocycles. The van der Waals surface area contributed by atoms with E-state index >= 15 is 0 Å². The zero-order valence-electron chi connectivity index (χ0n) is 9.50. The average molecular weight is 260 g/mol. The van der Waals surface area contributed by atoms with Crippen molar-refractivity contribution >= 4 is 23.4 Å². The van der Waals surface area contributed by atoms with Crippen LogP contribution in [-0.4, -0.2) is 24.0 Å². The summed E-state index contributed by atoms with van der Waals surface area (Å²) in [6, 6.07) is 5.98. The van der Waals surface area contributed by atoms with E-state index < -0.39 is 0 Å². The topological polar surface area (TPSA) is 32.3 Å². The minimum absolute atomic E-state index is 0.246. The molecule has 0 aliphatic heterocycles. The monoisotopic (exact) mass is 259 g/mol. The second-order valence-corrected chi connectivity index (χ2v) is 4.97. The number of nitrogens with one attached hydrogen (secondary N) is 1. The minimum Gasteiger partial charge on any atom is -0.396 e. The molecule has 0 radical (unpaired) electrons. The fourth-order valence-corrected chi connectivity index (χ4v) is 2.66. The number of benzene rings is 1. The van der Waals surface area contributed by atoms with Crippen molar-refractivity contribution in [3.8, 4) is 0 Å². The van der Waals surface area contributed by atoms with E-state index in [0.717, 1.165) is 35.8 Å². The van der Waals surface area contributed by atoms with Crippen molar-refractivity contribution < 1.29 is 5.11 Å². The fourth-order valence-electron chi connectivity index (χ4n) is 1.34. The van der Waals surface area contributed by atoms with Gasteiger partial charge in [0.05, 0.1) is 0 Å². The van der Waals surface area contributed by atoms with Crippen LogP contribution in [0.5, 0.6) is 0 Å². The smallest absolute Gasteiger partial charge is 0.0462 e. The summed E-state index contributed by atoms with van der Waals surface area (Å²) < 4.78 is 0. The zero-order chi connectivity index (χ0) is 11.8. The molecule has 0 fully saturated rings. The summed E-state index contributed by atoms with van der Waals surface area (Å²) in [5.74, 6) is 0.927. The Hall–Kier alpha value is -0.220. The van der Waals surface area contributed by atoms with E-state index in [2.05, 4.69) is 18.3 Å². The van der Waals surface area contributed by atoms with E-state index in [1.54, 1.807) is 11.8 Å². The highest BCUT2D eigenvalue weighted by atomic mass is 35.5. The van der Waals surface area contributed by atoms with Crippen LogP contribution >= 0.6 is 23.4 Å². The third-order valence-corrected chi connectivity index (χ3v) is 3.73. The third kappa shape index (κ3) is 4.34. The maximum atomic E-state index is 8.76. The molecule has 0 amide bonds. The van der Waals surface area contributed by atoms with Crippen molar-refractivity contribution in [3.63, 3.8) is 0 Å². The summed E-state index contributed by atoms with van der Waals surface area (Å²) in [4.78, 5) is 1.21. The van der Waals surface area contributed by atoms with Crippen LogP contribution in [0.25, 0.3) is 0 Å². The van der Waals surface area contributed by atoms with Gasteiger partial charge in [0, 0.05) is 28.8 Å². The molecule has 0 aliphatic carbocycles. The molecule has 16 heavy (non-hydrogen) atoms. The lowest BCUT2D eigenvalue weighted by molar-refractivity contribution is 0.296. The Morgan fingerprint density at radius 1 is 1.44 bits per heavy atom. The molecule has 1 aromatic rings. The summed E-state index contributed by atoms with van der Waals surface area (Å²) in [7, 11) is 0. The van der Waals surface area contributed by atoms with Crippen molar-refractivity contribution in [1.82, 2.24) is 5.32 Å². The number of hydrogen-bond donors (Lipinski definition) is 2. The maximum absolute atomic E-state index is 8.76. The van der Waals surface area contributed by atoms with Gasteiger partial charge in [-0.25, -0.2) is 0 Å². The largest absolute Gasteiger partial charge is 0.396 e. The molecule has 0 bridgehead atoms. The number of thioether (sulfide) groups is 1. The number of halogens is 1. The highest BCUT2D eigenvalue weighted by Gasteiger charge is 2.06. The SMILES string of the molecule is CCNCc1c(Cl)cccc1SCCCO. The van der Waals surface area contributed by atoms with Crippen LogP contribution in [0, 0.1) is 0 Å². The summed E-state index contributed by atoms with van der Waals surface area (Å²) in [5.41, 5.74) is 1.16. The molecule has 0 atom stereocenters. The lowest BCUT2D eigenvalue weighted by atomic mass is 10.2. The number of aliphatic hydroxyl groups is 1. The number of rotatable bonds is 7. The van der Waals surface area contributed by atoms with Gasteiger partial charge in [0.2, 0.25) is 0 Å². The highest BCUT2D eigenvalue weighted by molar-refractivity contribution is 7.99. The van der Waals surface area contributed by atoms with Crippen LogP contribution in [0.3, 0.4) is 0 Å². The molecule has 2 nitrogen and oxygen atoms in total. The molecular formula is C12H18ClNOS. The lowest BCUT2D eigenvalue weighted by Gasteiger charge is -2.11. The van der Waals surface area contributed by atoms with Gasteiger partial charge in [-0.1, -0.05) is 24.6 Å². The second kappa shape index (κ2) is 7.96. The molecule has 90 valence electrons. The Bertz CT molecular complexity index is 320. The van der Waals surface area contributed by atoms with Crippen LogP contribution in [0.1, 0.15) is 18.9 Å². The van der Waals surface area contributed by atoms with Crippen LogP contribution < -0.4 is 5.32 Å². The van der Waals surface area contributed by atoms with Gasteiger partial charge in [0.15, 0.2) is 0 Å². The molecular weight excluding hydrogens is 242 g/mol. The van der Waals surface area contributed by atoms with Gasteiger partial charge < -0.3 is 10.4 Å². The van der Waals surface area contributed by atoms with Gasteiger partial charge in [-0.3, -0.25) is 0 Å². The van der Waals surface area contributed by atoms with E-state index in [1.807, 2.05) is 12.1 Å². The van der Waals surface area contributed by atoms with Gasteiger partial charge in [-0.05, 0) is 30.7 Å². The first kappa shape index (κ1) is 13.8. The number of aliphatic hydroxyl groups excluding tert-OH is 1. The quantitative estimate of drug-likeness (QED) is 0.583. The Kier molecular flexibility index (Phi) is 6.88. The summed E-state index contributed by atoms with van der Waals surface area (Å²) in [6.07, 6.45) is 0.817. The first-order valence-corrected chi connectivity index (χ1v) is 6.87. The van der Waals surface area contributed by atoms with E-state index in [9.17, 15) is 0 Å². The molecule has 0 aromatic heterocycles. The van der Waals surface area contributed by atoms with Crippen molar-refractivity contribution in [3.05, 3.63) is 28.8 Å². The molecule has 0 aliphatic rings. The number of hydrogen-bond acceptors (Lipinski definition) is 3. The van der Waals surface area contributed by atoms with Crippen molar-refractivity contribution in [1.29, 1.82) is 0 Å². The summed E-state index contributed by atoms with van der Waals surface area (Å²) >= 11 is 7.93. The van der Waals surface area contributed by atoms with Gasteiger partial charge in [-0.2, -0.15) is 0 Å². The molecule has 0 unspecified atom stereocenters. The van der Waals surface area contributed by atoms with Gasteiger partial charge in [0.1, 0.15) is 0 Å². The first-order valence-electron chi connectivity index (χ1n) is 5.51. The predicted molar refractivity (Wildman–Crippen MR) is 71.3 cm³/mol. The maximum Gasteiger partial charge on any atom is 0.0462 e. The third-order valence-electron chi connectivity index (χ3n) is 2.19. The van der Waals surface area contributed by atoms with Gasteiger partial charge in [0.25, 0.3) is 0 Å². The Labute approximate surface area is 106 Å². The Morgan fingerprint density at radius 3 is 2.94 bits per heavy atom. The van der Waals surface area contributed by atoms with Crippen LogP contribution in [-0.2, 0) is 6.54 Å². The van der Waals surface area contributed by atoms with Crippen LogP contribution in [0.2, 0.25) is 5.02 Å². The van der Waals surface area contributed by atoms with E-state index in [1.165, 1.54) is 4.90 Å². The Balaban J connectivity index is 2.68. The highest BCUT2D eigenvalue weighted by Crippen LogP contribution is 2.28. The molecule has 0 saturated heterocycles. The summed E-state index contributed by atoms with van der Waals surface area (Å²) in [6.45, 7) is 4.06. The standard InChI is InChI=1S/C12H18ClNOS/c1-2-14-9-10-11(13)5-3-6-12(10)16-8-4-7-15/h3,5-6,14-15H,2,4,7-9H2,1H3. The fraction of sp³-hybridized carbons (Fsp3) is 0.500. The van der Waals surface area contributed by atoms with Crippen molar-refractivity contribution in [2.45, 2.75) is 24.8 Å². The van der Waals surface area contributed by atoms with E-state index in [4.69, 9.17) is 16.7 Å². The average Bonchev–Trinajstić information content (AvgIpc) is 2.28. The van der Waals surface area contributed by atoms with Crippen LogP contribution in [0.15, 0.2) is 23.1 Å². The lowest BCUT2D eigenvalue weighted by Crippen LogP contribution is -2.12. The molecule has 0 saturated carbocycles. The first-order chi connectivity index (χ1) is 7.79. The molecule has 0 heterocycles. The van der Waals surface area contributed by atoms with Gasteiger partial charge >= 0.3 is 0 Å². The van der Waals surface area contributed by atoms with E-state index in [-0.39, 0.29) is 6.61 Å². The normalized spacial score (nSPS) is 10.7. The van der Waals surface area contributed by atoms with E-state index in [0.29, 0.717) is 0 Å². The van der Waals surface area contributed by atoms with Gasteiger partial charge in [-0.15, -0.1) is 11.8 Å².